The van der Waals surface area contributed by atoms with Crippen LogP contribution in [0.15, 0.2) is 54.6 Å². The molecule has 5 nitrogen and oxygen atoms in total. The minimum Gasteiger partial charge on any atom is -0.489 e. The van der Waals surface area contributed by atoms with Crippen LogP contribution in [0.2, 0.25) is 0 Å². The fraction of sp³-hybridized carbons (Fsp3) is 0.345. The van der Waals surface area contributed by atoms with Crippen molar-refractivity contribution in [2.75, 3.05) is 10.2 Å². The summed E-state index contributed by atoms with van der Waals surface area (Å²) in [5.41, 5.74) is 4.03. The second-order valence-electron chi connectivity index (χ2n) is 9.65. The summed E-state index contributed by atoms with van der Waals surface area (Å²) in [6.45, 7) is 0.0230. The predicted molar refractivity (Wildman–Crippen MR) is 135 cm³/mol. The van der Waals surface area contributed by atoms with E-state index in [1.54, 1.807) is 17.0 Å². The largest absolute Gasteiger partial charge is 0.489 e. The SMILES string of the molecule is O=C1Nc2cc(CO)ccc2CN1c1cc(OCc2c(F)cccc2F)ccc1CC1CCCCC1. The molecule has 1 saturated carbocycles. The highest BCUT2D eigenvalue weighted by Gasteiger charge is 2.27. The molecule has 0 atom stereocenters. The minimum absolute atomic E-state index is 0.0968. The van der Waals surface area contributed by atoms with E-state index >= 15 is 0 Å². The van der Waals surface area contributed by atoms with Crippen molar-refractivity contribution in [2.24, 2.45) is 5.92 Å². The number of nitrogens with one attached hydrogen (secondary N) is 1. The number of aliphatic hydroxyl groups excluding tert-OH is 1. The molecule has 7 heteroatoms. The molecule has 1 aliphatic carbocycles. The van der Waals surface area contributed by atoms with Crippen LogP contribution in [0.25, 0.3) is 0 Å². The number of ether oxygens (including phenoxy) is 1. The van der Waals surface area contributed by atoms with Gasteiger partial charge in [0.05, 0.1) is 24.4 Å². The highest BCUT2D eigenvalue weighted by Crippen LogP contribution is 2.36. The first-order valence-electron chi connectivity index (χ1n) is 12.5. The van der Waals surface area contributed by atoms with Crippen molar-refractivity contribution in [3.8, 4) is 5.75 Å². The Labute approximate surface area is 209 Å². The van der Waals surface area contributed by atoms with Gasteiger partial charge >= 0.3 is 6.03 Å². The predicted octanol–water partition coefficient (Wildman–Crippen LogP) is 6.71. The van der Waals surface area contributed by atoms with Gasteiger partial charge in [0.15, 0.2) is 0 Å². The number of hydrogen-bond acceptors (Lipinski definition) is 3. The molecule has 188 valence electrons. The zero-order valence-corrected chi connectivity index (χ0v) is 20.1. The van der Waals surface area contributed by atoms with E-state index in [-0.39, 0.29) is 24.8 Å². The lowest BCUT2D eigenvalue weighted by Gasteiger charge is -2.32. The number of carbonyl (C=O) groups is 1. The smallest absolute Gasteiger partial charge is 0.326 e. The summed E-state index contributed by atoms with van der Waals surface area (Å²) in [7, 11) is 0. The summed E-state index contributed by atoms with van der Waals surface area (Å²) in [6, 6.07) is 14.6. The van der Waals surface area contributed by atoms with Gasteiger partial charge in [-0.05, 0) is 53.3 Å². The molecule has 0 saturated heterocycles. The van der Waals surface area contributed by atoms with E-state index < -0.39 is 11.6 Å². The van der Waals surface area contributed by atoms with E-state index in [0.29, 0.717) is 23.9 Å². The number of nitrogens with zero attached hydrogens (tertiary/aromatic N) is 1. The topological polar surface area (TPSA) is 61.8 Å². The van der Waals surface area contributed by atoms with Crippen molar-refractivity contribution in [1.82, 2.24) is 0 Å². The van der Waals surface area contributed by atoms with E-state index in [4.69, 9.17) is 4.74 Å². The van der Waals surface area contributed by atoms with E-state index in [2.05, 4.69) is 5.32 Å². The van der Waals surface area contributed by atoms with Crippen LogP contribution < -0.4 is 15.0 Å². The molecule has 3 aromatic rings. The Morgan fingerprint density at radius 1 is 1.00 bits per heavy atom. The molecule has 36 heavy (non-hydrogen) atoms. The molecule has 3 aromatic carbocycles. The van der Waals surface area contributed by atoms with Crippen LogP contribution in [0.1, 0.15) is 54.4 Å². The molecular formula is C29H30F2N2O3. The fourth-order valence-electron chi connectivity index (χ4n) is 5.18. The monoisotopic (exact) mass is 492 g/mol. The molecule has 0 bridgehead atoms. The van der Waals surface area contributed by atoms with Gasteiger partial charge in [0.2, 0.25) is 0 Å². The van der Waals surface area contributed by atoms with Crippen molar-refractivity contribution in [3.63, 3.8) is 0 Å². The molecule has 2 amide bonds. The number of fused-ring (bicyclic) bond motifs is 1. The molecule has 0 spiro atoms. The maximum atomic E-state index is 14.1. The van der Waals surface area contributed by atoms with Crippen molar-refractivity contribution in [2.45, 2.75) is 58.3 Å². The highest BCUT2D eigenvalue weighted by atomic mass is 19.1. The minimum atomic E-state index is -0.654. The second kappa shape index (κ2) is 10.7. The van der Waals surface area contributed by atoms with Crippen LogP contribution >= 0.6 is 0 Å². The molecule has 2 N–H and O–H groups in total. The van der Waals surface area contributed by atoms with Gasteiger partial charge in [0.25, 0.3) is 0 Å². The first-order chi connectivity index (χ1) is 17.5. The molecule has 2 aliphatic rings. The summed E-state index contributed by atoms with van der Waals surface area (Å²) >= 11 is 0. The average molecular weight is 493 g/mol. The number of anilines is 2. The Morgan fingerprint density at radius 3 is 2.53 bits per heavy atom. The Kier molecular flexibility index (Phi) is 7.18. The third kappa shape index (κ3) is 5.21. The van der Waals surface area contributed by atoms with Crippen LogP contribution in [-0.2, 0) is 26.2 Å². The average Bonchev–Trinajstić information content (AvgIpc) is 2.89. The number of rotatable bonds is 7. The van der Waals surface area contributed by atoms with Gasteiger partial charge < -0.3 is 15.2 Å². The van der Waals surface area contributed by atoms with Gasteiger partial charge in [-0.15, -0.1) is 0 Å². The van der Waals surface area contributed by atoms with E-state index in [1.807, 2.05) is 24.3 Å². The summed E-state index contributed by atoms with van der Waals surface area (Å²) in [4.78, 5) is 14.9. The Bertz CT molecular complexity index is 1240. The van der Waals surface area contributed by atoms with E-state index in [9.17, 15) is 18.7 Å². The fourth-order valence-corrected chi connectivity index (χ4v) is 5.18. The second-order valence-corrected chi connectivity index (χ2v) is 9.65. The number of carbonyl (C=O) groups excluding carboxylic acids is 1. The van der Waals surface area contributed by atoms with Gasteiger partial charge in [0.1, 0.15) is 24.0 Å². The third-order valence-electron chi connectivity index (χ3n) is 7.20. The normalized spacial score (nSPS) is 16.0. The van der Waals surface area contributed by atoms with Crippen LogP contribution in [0.5, 0.6) is 5.75 Å². The molecule has 0 unspecified atom stereocenters. The first-order valence-corrected chi connectivity index (χ1v) is 12.5. The first kappa shape index (κ1) is 24.3. The number of hydrogen-bond donors (Lipinski definition) is 2. The van der Waals surface area contributed by atoms with Crippen molar-refractivity contribution in [1.29, 1.82) is 0 Å². The van der Waals surface area contributed by atoms with E-state index in [1.165, 1.54) is 50.3 Å². The van der Waals surface area contributed by atoms with Crippen molar-refractivity contribution < 1.29 is 23.4 Å². The molecule has 1 fully saturated rings. The molecule has 1 aliphatic heterocycles. The molecule has 5 rings (SSSR count). The van der Waals surface area contributed by atoms with E-state index in [0.717, 1.165) is 28.8 Å². The van der Waals surface area contributed by atoms with Crippen LogP contribution in [0.4, 0.5) is 25.0 Å². The summed E-state index contributed by atoms with van der Waals surface area (Å²) in [5.74, 6) is -0.310. The highest BCUT2D eigenvalue weighted by molar-refractivity contribution is 6.04. The maximum absolute atomic E-state index is 14.1. The molecule has 1 heterocycles. The maximum Gasteiger partial charge on any atom is 0.326 e. The quantitative estimate of drug-likeness (QED) is 0.385. The lowest BCUT2D eigenvalue weighted by Crippen LogP contribution is -2.39. The Balaban J connectivity index is 1.44. The summed E-state index contributed by atoms with van der Waals surface area (Å²) in [6.07, 6.45) is 6.91. The number of halogens is 2. The van der Waals surface area contributed by atoms with Gasteiger partial charge in [0, 0.05) is 11.8 Å². The zero-order valence-electron chi connectivity index (χ0n) is 20.1. The lowest BCUT2D eigenvalue weighted by molar-refractivity contribution is 0.255. The number of benzene rings is 3. The third-order valence-corrected chi connectivity index (χ3v) is 7.20. The van der Waals surface area contributed by atoms with Gasteiger partial charge in [-0.25, -0.2) is 13.6 Å². The van der Waals surface area contributed by atoms with Crippen molar-refractivity contribution >= 4 is 17.4 Å². The molecule has 0 aromatic heterocycles. The summed E-state index contributed by atoms with van der Waals surface area (Å²) < 4.78 is 34.0. The lowest BCUT2D eigenvalue weighted by atomic mass is 9.84. The molecular weight excluding hydrogens is 462 g/mol. The zero-order chi connectivity index (χ0) is 25.1. The standard InChI is InChI=1S/C29H30F2N2O3/c30-25-7-4-8-26(31)24(25)18-36-23-12-11-21(13-19-5-2-1-3-6-19)28(15-23)33-16-22-10-9-20(17-34)14-27(22)32-29(33)35/h4,7-12,14-15,19,34H,1-3,5-6,13,16-18H2,(H,32,35). The van der Waals surface area contributed by atoms with Gasteiger partial charge in [-0.1, -0.05) is 56.4 Å². The Morgan fingerprint density at radius 2 is 1.78 bits per heavy atom. The van der Waals surface area contributed by atoms with Crippen molar-refractivity contribution in [3.05, 3.63) is 88.5 Å². The van der Waals surface area contributed by atoms with Gasteiger partial charge in [-0.3, -0.25) is 4.90 Å². The number of urea groups is 1. The Hall–Kier alpha value is -3.45. The van der Waals surface area contributed by atoms with Crippen LogP contribution in [0, 0.1) is 17.6 Å². The summed E-state index contributed by atoms with van der Waals surface area (Å²) in [5, 5.41) is 12.4. The molecule has 0 radical (unpaired) electrons. The van der Waals surface area contributed by atoms with Crippen LogP contribution in [0.3, 0.4) is 0 Å². The van der Waals surface area contributed by atoms with Gasteiger partial charge in [-0.2, -0.15) is 0 Å². The van der Waals surface area contributed by atoms with Crippen LogP contribution in [-0.4, -0.2) is 11.1 Å². The number of amides is 2. The number of aliphatic hydroxyl groups is 1.